The lowest BCUT2D eigenvalue weighted by molar-refractivity contribution is 0.345. The van der Waals surface area contributed by atoms with Gasteiger partial charge in [-0.15, -0.1) is 0 Å². The van der Waals surface area contributed by atoms with Crippen molar-refractivity contribution in [3.63, 3.8) is 0 Å². The highest BCUT2D eigenvalue weighted by molar-refractivity contribution is 5.70. The molecule has 0 aliphatic carbocycles. The average Bonchev–Trinajstić information content (AvgIpc) is 2.85. The molecule has 0 aromatic carbocycles. The zero-order valence-electron chi connectivity index (χ0n) is 8.32. The topological polar surface area (TPSA) is 81.8 Å². The molecule has 0 amide bonds. The standard InChI is InChI=1S/C9H11N5O/c1-5-4-11-13-6(5)7-8(10)14-2-3-15-9(14)12-7/h4H,2-3,10H2,1H3,(H,11,13). The van der Waals surface area contributed by atoms with E-state index in [2.05, 4.69) is 15.2 Å². The Bertz CT molecular complexity index is 513. The highest BCUT2D eigenvalue weighted by Gasteiger charge is 2.22. The van der Waals surface area contributed by atoms with Crippen molar-refractivity contribution >= 4 is 5.82 Å². The van der Waals surface area contributed by atoms with Crippen molar-refractivity contribution < 1.29 is 4.74 Å². The Hall–Kier alpha value is -1.98. The molecule has 0 radical (unpaired) electrons. The molecule has 6 nitrogen and oxygen atoms in total. The molecule has 0 fully saturated rings. The number of nitrogens with two attached hydrogens (primary N) is 1. The monoisotopic (exact) mass is 205 g/mol. The molecule has 3 heterocycles. The summed E-state index contributed by atoms with van der Waals surface area (Å²) in [5.41, 5.74) is 8.60. The number of rotatable bonds is 1. The van der Waals surface area contributed by atoms with E-state index >= 15 is 0 Å². The van der Waals surface area contributed by atoms with Gasteiger partial charge in [0.25, 0.3) is 6.01 Å². The summed E-state index contributed by atoms with van der Waals surface area (Å²) in [6.45, 7) is 3.37. The SMILES string of the molecule is Cc1cn[nH]c1-c1nc2n(c1N)CCO2. The first-order valence-corrected chi connectivity index (χ1v) is 4.76. The van der Waals surface area contributed by atoms with Crippen molar-refractivity contribution in [1.82, 2.24) is 19.7 Å². The number of H-pyrrole nitrogens is 1. The summed E-state index contributed by atoms with van der Waals surface area (Å²) < 4.78 is 7.21. The van der Waals surface area contributed by atoms with E-state index in [4.69, 9.17) is 10.5 Å². The number of aryl methyl sites for hydroxylation is 1. The Kier molecular flexibility index (Phi) is 1.53. The van der Waals surface area contributed by atoms with Crippen LogP contribution >= 0.6 is 0 Å². The van der Waals surface area contributed by atoms with Gasteiger partial charge in [-0.05, 0) is 12.5 Å². The minimum Gasteiger partial charge on any atom is -0.463 e. The van der Waals surface area contributed by atoms with Gasteiger partial charge in [0.15, 0.2) is 0 Å². The predicted octanol–water partition coefficient (Wildman–Crippen LogP) is 0.556. The van der Waals surface area contributed by atoms with Crippen LogP contribution in [0.25, 0.3) is 11.4 Å². The van der Waals surface area contributed by atoms with Crippen molar-refractivity contribution in [3.8, 4) is 17.4 Å². The molecule has 6 heteroatoms. The van der Waals surface area contributed by atoms with Crippen LogP contribution in [0.15, 0.2) is 6.20 Å². The van der Waals surface area contributed by atoms with Crippen molar-refractivity contribution in [2.75, 3.05) is 12.3 Å². The number of aromatic amines is 1. The van der Waals surface area contributed by atoms with Crippen LogP contribution in [0.3, 0.4) is 0 Å². The first kappa shape index (κ1) is 8.34. The molecule has 3 N–H and O–H groups in total. The number of ether oxygens (including phenoxy) is 1. The van der Waals surface area contributed by atoms with Crippen LogP contribution in [-0.2, 0) is 6.54 Å². The van der Waals surface area contributed by atoms with Gasteiger partial charge in [-0.2, -0.15) is 10.1 Å². The molecule has 2 aromatic heterocycles. The van der Waals surface area contributed by atoms with Gasteiger partial charge in [0.05, 0.1) is 18.4 Å². The van der Waals surface area contributed by atoms with Gasteiger partial charge in [-0.1, -0.05) is 0 Å². The van der Waals surface area contributed by atoms with Gasteiger partial charge in [0.1, 0.15) is 18.1 Å². The van der Waals surface area contributed by atoms with Crippen LogP contribution in [0.1, 0.15) is 5.56 Å². The third kappa shape index (κ3) is 1.04. The van der Waals surface area contributed by atoms with Gasteiger partial charge in [0.2, 0.25) is 0 Å². The molecular formula is C9H11N5O. The van der Waals surface area contributed by atoms with E-state index in [1.165, 1.54) is 0 Å². The third-order valence-corrected chi connectivity index (χ3v) is 2.58. The second-order valence-corrected chi connectivity index (χ2v) is 3.56. The first-order chi connectivity index (χ1) is 7.27. The summed E-state index contributed by atoms with van der Waals surface area (Å²) in [4.78, 5) is 4.34. The van der Waals surface area contributed by atoms with Crippen molar-refractivity contribution in [2.24, 2.45) is 0 Å². The van der Waals surface area contributed by atoms with Crippen molar-refractivity contribution in [1.29, 1.82) is 0 Å². The molecule has 2 aromatic rings. The summed E-state index contributed by atoms with van der Waals surface area (Å²) in [5.74, 6) is 0.634. The Balaban J connectivity index is 2.18. The zero-order valence-corrected chi connectivity index (χ0v) is 8.32. The maximum atomic E-state index is 5.99. The normalized spacial score (nSPS) is 13.9. The van der Waals surface area contributed by atoms with Gasteiger partial charge < -0.3 is 10.5 Å². The van der Waals surface area contributed by atoms with E-state index in [-0.39, 0.29) is 0 Å². The number of nitrogens with zero attached hydrogens (tertiary/aromatic N) is 3. The fourth-order valence-corrected chi connectivity index (χ4v) is 1.77. The Labute approximate surface area is 86.1 Å². The van der Waals surface area contributed by atoms with Crippen LogP contribution in [0.5, 0.6) is 6.01 Å². The number of imidazole rings is 1. The molecule has 3 rings (SSSR count). The Morgan fingerprint density at radius 3 is 3.13 bits per heavy atom. The molecule has 78 valence electrons. The quantitative estimate of drug-likeness (QED) is 0.712. The zero-order chi connectivity index (χ0) is 10.4. The number of nitrogens with one attached hydrogen (secondary N) is 1. The van der Waals surface area contributed by atoms with Gasteiger partial charge >= 0.3 is 0 Å². The average molecular weight is 205 g/mol. The molecule has 0 spiro atoms. The lowest BCUT2D eigenvalue weighted by atomic mass is 10.2. The lowest BCUT2D eigenvalue weighted by Gasteiger charge is -1.99. The molecule has 0 saturated heterocycles. The smallest absolute Gasteiger partial charge is 0.298 e. The molecule has 0 saturated carbocycles. The number of anilines is 1. The summed E-state index contributed by atoms with van der Waals surface area (Å²) in [5, 5.41) is 6.84. The summed E-state index contributed by atoms with van der Waals surface area (Å²) in [7, 11) is 0. The fraction of sp³-hybridized carbons (Fsp3) is 0.333. The number of aromatic nitrogens is 4. The van der Waals surface area contributed by atoms with Crippen LogP contribution in [0.2, 0.25) is 0 Å². The van der Waals surface area contributed by atoms with Crippen LogP contribution < -0.4 is 10.5 Å². The third-order valence-electron chi connectivity index (χ3n) is 2.58. The van der Waals surface area contributed by atoms with E-state index in [9.17, 15) is 0 Å². The summed E-state index contributed by atoms with van der Waals surface area (Å²) in [6.07, 6.45) is 1.75. The van der Waals surface area contributed by atoms with Gasteiger partial charge in [0, 0.05) is 0 Å². The highest BCUT2D eigenvalue weighted by atomic mass is 16.5. The number of fused-ring (bicyclic) bond motifs is 1. The van der Waals surface area contributed by atoms with Crippen molar-refractivity contribution in [2.45, 2.75) is 13.5 Å². The summed E-state index contributed by atoms with van der Waals surface area (Å²) in [6, 6.07) is 0.594. The van der Waals surface area contributed by atoms with E-state index in [1.54, 1.807) is 6.20 Å². The van der Waals surface area contributed by atoms with Crippen molar-refractivity contribution in [3.05, 3.63) is 11.8 Å². The first-order valence-electron chi connectivity index (χ1n) is 4.76. The fourth-order valence-electron chi connectivity index (χ4n) is 1.77. The second-order valence-electron chi connectivity index (χ2n) is 3.56. The van der Waals surface area contributed by atoms with E-state index in [1.807, 2.05) is 11.5 Å². The number of nitrogen functional groups attached to an aromatic ring is 1. The Morgan fingerprint density at radius 2 is 2.47 bits per heavy atom. The second kappa shape index (κ2) is 2.75. The minimum absolute atomic E-state index is 0.594. The highest BCUT2D eigenvalue weighted by Crippen LogP contribution is 2.32. The number of hydrogen-bond acceptors (Lipinski definition) is 4. The van der Waals surface area contributed by atoms with E-state index < -0.39 is 0 Å². The molecule has 0 atom stereocenters. The van der Waals surface area contributed by atoms with Gasteiger partial charge in [-0.3, -0.25) is 9.67 Å². The molecule has 0 unspecified atom stereocenters. The number of hydrogen-bond donors (Lipinski definition) is 2. The van der Waals surface area contributed by atoms with Crippen LogP contribution in [-0.4, -0.2) is 26.4 Å². The lowest BCUT2D eigenvalue weighted by Crippen LogP contribution is -2.01. The predicted molar refractivity (Wildman–Crippen MR) is 54.5 cm³/mol. The largest absolute Gasteiger partial charge is 0.463 e. The minimum atomic E-state index is 0.594. The maximum absolute atomic E-state index is 5.99. The van der Waals surface area contributed by atoms with Crippen LogP contribution in [0.4, 0.5) is 5.82 Å². The molecule has 1 aliphatic heterocycles. The molecule has 0 bridgehead atoms. The maximum Gasteiger partial charge on any atom is 0.298 e. The molecule has 15 heavy (non-hydrogen) atoms. The van der Waals surface area contributed by atoms with Gasteiger partial charge in [-0.25, -0.2) is 0 Å². The molecule has 1 aliphatic rings. The molecular weight excluding hydrogens is 194 g/mol. The summed E-state index contributed by atoms with van der Waals surface area (Å²) >= 11 is 0. The van der Waals surface area contributed by atoms with E-state index in [0.717, 1.165) is 23.5 Å². The van der Waals surface area contributed by atoms with E-state index in [0.29, 0.717) is 18.4 Å². The Morgan fingerprint density at radius 1 is 1.60 bits per heavy atom. The van der Waals surface area contributed by atoms with Crippen LogP contribution in [0, 0.1) is 6.92 Å².